The molecule has 0 amide bonds. The van der Waals surface area contributed by atoms with Crippen molar-refractivity contribution in [2.45, 2.75) is 11.8 Å². The minimum Gasteiger partial charge on any atom is -0.342 e. The highest BCUT2D eigenvalue weighted by Gasteiger charge is 2.17. The van der Waals surface area contributed by atoms with Crippen molar-refractivity contribution in [3.05, 3.63) is 24.0 Å². The molecule has 0 spiro atoms. The summed E-state index contributed by atoms with van der Waals surface area (Å²) in [5.74, 6) is 0.773. The number of nitrogens with zero attached hydrogens (tertiary/aromatic N) is 2. The monoisotopic (exact) mass is 239 g/mol. The number of hydrogen-bond donors (Lipinski definition) is 1. The Kier molecular flexibility index (Phi) is 2.47. The molecule has 1 aromatic heterocycles. The van der Waals surface area contributed by atoms with Crippen molar-refractivity contribution in [1.29, 1.82) is 0 Å². The van der Waals surface area contributed by atoms with E-state index in [2.05, 4.69) is 9.97 Å². The zero-order valence-corrected chi connectivity index (χ0v) is 10.2. The fourth-order valence-electron chi connectivity index (χ4n) is 1.49. The van der Waals surface area contributed by atoms with E-state index in [1.165, 1.54) is 18.4 Å². The second-order valence-corrected chi connectivity index (χ2v) is 5.94. The van der Waals surface area contributed by atoms with Gasteiger partial charge in [0, 0.05) is 14.1 Å². The summed E-state index contributed by atoms with van der Waals surface area (Å²) in [6.45, 7) is 1.83. The summed E-state index contributed by atoms with van der Waals surface area (Å²) < 4.78 is 24.9. The van der Waals surface area contributed by atoms with Crippen LogP contribution in [0.3, 0.4) is 0 Å². The first kappa shape index (κ1) is 11.1. The first-order valence-electron chi connectivity index (χ1n) is 4.80. The van der Waals surface area contributed by atoms with Crippen LogP contribution < -0.4 is 0 Å². The summed E-state index contributed by atoms with van der Waals surface area (Å²) in [4.78, 5) is 7.50. The van der Waals surface area contributed by atoms with Crippen LogP contribution in [0.15, 0.2) is 23.1 Å². The molecule has 0 aliphatic rings. The predicted molar refractivity (Wildman–Crippen MR) is 61.7 cm³/mol. The van der Waals surface area contributed by atoms with Crippen molar-refractivity contribution in [3.63, 3.8) is 0 Å². The van der Waals surface area contributed by atoms with E-state index in [9.17, 15) is 8.42 Å². The third kappa shape index (κ3) is 1.70. The zero-order valence-electron chi connectivity index (χ0n) is 9.35. The van der Waals surface area contributed by atoms with Crippen molar-refractivity contribution < 1.29 is 8.42 Å². The lowest BCUT2D eigenvalue weighted by molar-refractivity contribution is 0.521. The smallest absolute Gasteiger partial charge is 0.242 e. The van der Waals surface area contributed by atoms with Crippen molar-refractivity contribution in [3.8, 4) is 0 Å². The van der Waals surface area contributed by atoms with Gasteiger partial charge in [-0.05, 0) is 25.1 Å². The minimum atomic E-state index is -3.37. The van der Waals surface area contributed by atoms with Gasteiger partial charge in [-0.2, -0.15) is 0 Å². The summed E-state index contributed by atoms with van der Waals surface area (Å²) in [6, 6.07) is 4.87. The molecule has 5 nitrogen and oxygen atoms in total. The Morgan fingerprint density at radius 2 is 2.00 bits per heavy atom. The van der Waals surface area contributed by atoms with Gasteiger partial charge in [-0.1, -0.05) is 0 Å². The number of H-pyrrole nitrogens is 1. The second kappa shape index (κ2) is 3.57. The minimum absolute atomic E-state index is 0.272. The Hall–Kier alpha value is -1.40. The number of rotatable bonds is 2. The fraction of sp³-hybridized carbons (Fsp3) is 0.300. The number of benzene rings is 1. The van der Waals surface area contributed by atoms with Crippen molar-refractivity contribution in [1.82, 2.24) is 14.3 Å². The Morgan fingerprint density at radius 3 is 2.62 bits per heavy atom. The van der Waals surface area contributed by atoms with Crippen LogP contribution in [0.4, 0.5) is 0 Å². The van der Waals surface area contributed by atoms with Crippen LogP contribution in [0.25, 0.3) is 11.0 Å². The molecule has 0 saturated carbocycles. The third-order valence-corrected chi connectivity index (χ3v) is 4.16. The van der Waals surface area contributed by atoms with Crippen LogP contribution in [-0.2, 0) is 10.0 Å². The molecule has 1 aromatic carbocycles. The van der Waals surface area contributed by atoms with Gasteiger partial charge in [0.05, 0.1) is 15.9 Å². The Morgan fingerprint density at radius 1 is 1.31 bits per heavy atom. The largest absolute Gasteiger partial charge is 0.342 e. The third-order valence-electron chi connectivity index (χ3n) is 2.35. The Labute approximate surface area is 94.2 Å². The topological polar surface area (TPSA) is 66.1 Å². The molecule has 0 atom stereocenters. The maximum Gasteiger partial charge on any atom is 0.242 e. The number of fused-ring (bicyclic) bond motifs is 1. The number of aromatic amines is 1. The maximum atomic E-state index is 11.9. The van der Waals surface area contributed by atoms with Crippen LogP contribution >= 0.6 is 0 Å². The van der Waals surface area contributed by atoms with Gasteiger partial charge in [0.1, 0.15) is 5.82 Å². The van der Waals surface area contributed by atoms with Gasteiger partial charge in [0.2, 0.25) is 10.0 Å². The first-order chi connectivity index (χ1) is 7.41. The second-order valence-electron chi connectivity index (χ2n) is 3.79. The number of imidazole rings is 1. The van der Waals surface area contributed by atoms with E-state index in [1.54, 1.807) is 18.2 Å². The molecular weight excluding hydrogens is 226 g/mol. The van der Waals surface area contributed by atoms with Gasteiger partial charge in [-0.3, -0.25) is 0 Å². The van der Waals surface area contributed by atoms with Crippen LogP contribution in [0.1, 0.15) is 5.82 Å². The van der Waals surface area contributed by atoms with E-state index in [4.69, 9.17) is 0 Å². The molecule has 2 aromatic rings. The Balaban J connectivity index is 2.63. The summed E-state index contributed by atoms with van der Waals surface area (Å²) in [5.41, 5.74) is 1.51. The van der Waals surface area contributed by atoms with Gasteiger partial charge >= 0.3 is 0 Å². The highest BCUT2D eigenvalue weighted by molar-refractivity contribution is 7.89. The molecule has 0 unspecified atom stereocenters. The number of nitrogens with one attached hydrogen (secondary N) is 1. The molecule has 0 aliphatic heterocycles. The molecule has 0 fully saturated rings. The van der Waals surface area contributed by atoms with Crippen molar-refractivity contribution in [2.24, 2.45) is 0 Å². The number of sulfonamides is 1. The van der Waals surface area contributed by atoms with Crippen molar-refractivity contribution >= 4 is 21.1 Å². The van der Waals surface area contributed by atoms with E-state index >= 15 is 0 Å². The average molecular weight is 239 g/mol. The van der Waals surface area contributed by atoms with Crippen LogP contribution in [0, 0.1) is 6.92 Å². The molecule has 0 radical (unpaired) electrons. The lowest BCUT2D eigenvalue weighted by Crippen LogP contribution is -2.22. The summed E-state index contributed by atoms with van der Waals surface area (Å²) in [6.07, 6.45) is 0. The predicted octanol–water partition coefficient (Wildman–Crippen LogP) is 1.12. The fourth-order valence-corrected chi connectivity index (χ4v) is 2.42. The van der Waals surface area contributed by atoms with E-state index in [0.717, 1.165) is 16.9 Å². The molecular formula is C10H13N3O2S. The first-order valence-corrected chi connectivity index (χ1v) is 6.24. The quantitative estimate of drug-likeness (QED) is 0.854. The van der Waals surface area contributed by atoms with Crippen molar-refractivity contribution in [2.75, 3.05) is 14.1 Å². The van der Waals surface area contributed by atoms with E-state index in [0.29, 0.717) is 0 Å². The number of hydrogen-bond acceptors (Lipinski definition) is 3. The summed E-state index contributed by atoms with van der Waals surface area (Å²) >= 11 is 0. The molecule has 16 heavy (non-hydrogen) atoms. The maximum absolute atomic E-state index is 11.9. The molecule has 0 aliphatic carbocycles. The molecule has 0 bridgehead atoms. The highest BCUT2D eigenvalue weighted by atomic mass is 32.2. The van der Waals surface area contributed by atoms with Crippen LogP contribution in [0.2, 0.25) is 0 Å². The van der Waals surface area contributed by atoms with Crippen LogP contribution in [0.5, 0.6) is 0 Å². The van der Waals surface area contributed by atoms with Crippen LogP contribution in [-0.4, -0.2) is 36.8 Å². The molecule has 86 valence electrons. The molecule has 1 N–H and O–H groups in total. The number of aryl methyl sites for hydroxylation is 1. The summed E-state index contributed by atoms with van der Waals surface area (Å²) in [7, 11) is -0.350. The average Bonchev–Trinajstić information content (AvgIpc) is 2.56. The molecule has 2 rings (SSSR count). The van der Waals surface area contributed by atoms with Gasteiger partial charge in [-0.15, -0.1) is 0 Å². The standard InChI is InChI=1S/C10H13N3O2S/c1-7-11-9-5-4-8(6-10(9)12-7)16(14,15)13(2)3/h4-6H,1-3H3,(H,11,12). The highest BCUT2D eigenvalue weighted by Crippen LogP contribution is 2.19. The summed E-state index contributed by atoms with van der Waals surface area (Å²) in [5, 5.41) is 0. The normalized spacial score (nSPS) is 12.5. The number of aromatic nitrogens is 2. The lowest BCUT2D eigenvalue weighted by Gasteiger charge is -2.10. The SMILES string of the molecule is Cc1nc2ccc(S(=O)(=O)N(C)C)cc2[nH]1. The van der Waals surface area contributed by atoms with E-state index in [1.807, 2.05) is 6.92 Å². The lowest BCUT2D eigenvalue weighted by atomic mass is 10.3. The van der Waals surface area contributed by atoms with E-state index < -0.39 is 10.0 Å². The zero-order chi connectivity index (χ0) is 11.9. The van der Waals surface area contributed by atoms with Gasteiger partial charge < -0.3 is 4.98 Å². The Bertz CT molecular complexity index is 629. The molecule has 1 heterocycles. The van der Waals surface area contributed by atoms with Gasteiger partial charge in [-0.25, -0.2) is 17.7 Å². The molecule has 6 heteroatoms. The molecule has 0 saturated heterocycles. The van der Waals surface area contributed by atoms with Gasteiger partial charge in [0.15, 0.2) is 0 Å². The van der Waals surface area contributed by atoms with E-state index in [-0.39, 0.29) is 4.90 Å². The van der Waals surface area contributed by atoms with Gasteiger partial charge in [0.25, 0.3) is 0 Å².